The average Bonchev–Trinajstić information content (AvgIpc) is 3.35. The normalized spacial score (nSPS) is 23.7. The molecule has 27 heavy (non-hydrogen) atoms. The summed E-state index contributed by atoms with van der Waals surface area (Å²) in [6.45, 7) is 5.10. The van der Waals surface area contributed by atoms with E-state index in [4.69, 9.17) is 4.42 Å². The molecule has 4 rings (SSSR count). The summed E-state index contributed by atoms with van der Waals surface area (Å²) in [5.41, 5.74) is 2.62. The van der Waals surface area contributed by atoms with E-state index < -0.39 is 6.04 Å². The Labute approximate surface area is 159 Å². The van der Waals surface area contributed by atoms with Crippen molar-refractivity contribution in [2.24, 2.45) is 0 Å². The molecule has 2 unspecified atom stereocenters. The van der Waals surface area contributed by atoms with Crippen LogP contribution in [0.2, 0.25) is 0 Å². The summed E-state index contributed by atoms with van der Waals surface area (Å²) in [7, 11) is 0. The van der Waals surface area contributed by atoms with Gasteiger partial charge in [-0.15, -0.1) is 0 Å². The summed E-state index contributed by atoms with van der Waals surface area (Å²) in [4.78, 5) is 27.3. The van der Waals surface area contributed by atoms with Crippen molar-refractivity contribution in [3.05, 3.63) is 59.5 Å². The molecule has 2 amide bonds. The quantitative estimate of drug-likeness (QED) is 0.898. The molecule has 5 nitrogen and oxygen atoms in total. The number of benzene rings is 1. The second-order valence-electron chi connectivity index (χ2n) is 8.20. The summed E-state index contributed by atoms with van der Waals surface area (Å²) in [5.74, 6) is 0.0224. The summed E-state index contributed by atoms with van der Waals surface area (Å²) >= 11 is 0. The van der Waals surface area contributed by atoms with Crippen LogP contribution in [0.15, 0.2) is 47.1 Å². The van der Waals surface area contributed by atoms with Crippen molar-refractivity contribution in [1.29, 1.82) is 0 Å². The van der Waals surface area contributed by atoms with E-state index in [2.05, 4.69) is 37.4 Å². The Morgan fingerprint density at radius 1 is 1.15 bits per heavy atom. The van der Waals surface area contributed by atoms with Crippen LogP contribution in [0.3, 0.4) is 0 Å². The summed E-state index contributed by atoms with van der Waals surface area (Å²) in [6.07, 6.45) is 4.94. The van der Waals surface area contributed by atoms with Gasteiger partial charge in [0.25, 0.3) is 5.91 Å². The third kappa shape index (κ3) is 3.27. The summed E-state index contributed by atoms with van der Waals surface area (Å²) < 4.78 is 5.23. The van der Waals surface area contributed by atoms with E-state index in [0.717, 1.165) is 19.3 Å². The molecule has 0 saturated carbocycles. The maximum absolute atomic E-state index is 13.0. The van der Waals surface area contributed by atoms with Gasteiger partial charge >= 0.3 is 0 Å². The molecule has 1 aromatic carbocycles. The van der Waals surface area contributed by atoms with Gasteiger partial charge < -0.3 is 14.6 Å². The number of carbonyl (C=O) groups excluding carboxylic acids is 2. The number of likely N-dealkylation sites (tertiary alicyclic amines) is 1. The van der Waals surface area contributed by atoms with E-state index >= 15 is 0 Å². The van der Waals surface area contributed by atoms with Gasteiger partial charge in [-0.05, 0) is 54.4 Å². The Balaban J connectivity index is 1.51. The van der Waals surface area contributed by atoms with Gasteiger partial charge in [-0.1, -0.05) is 38.1 Å². The molecule has 2 atom stereocenters. The molecular weight excluding hydrogens is 340 g/mol. The van der Waals surface area contributed by atoms with Crippen molar-refractivity contribution in [3.63, 3.8) is 0 Å². The predicted molar refractivity (Wildman–Crippen MR) is 102 cm³/mol. The van der Waals surface area contributed by atoms with Gasteiger partial charge in [0.15, 0.2) is 5.76 Å². The van der Waals surface area contributed by atoms with E-state index in [1.165, 1.54) is 17.4 Å². The van der Waals surface area contributed by atoms with E-state index in [1.807, 2.05) is 6.07 Å². The number of furan rings is 1. The fourth-order valence-corrected chi connectivity index (χ4v) is 4.45. The largest absolute Gasteiger partial charge is 0.459 e. The summed E-state index contributed by atoms with van der Waals surface area (Å²) in [5, 5.41) is 3.22. The van der Waals surface area contributed by atoms with Crippen molar-refractivity contribution in [2.75, 3.05) is 6.54 Å². The SMILES string of the molecule is CC1(C)CCC(NC(=O)C2CCCN2C(=O)c2ccco2)c2ccccc21. The molecule has 1 N–H and O–H groups in total. The highest BCUT2D eigenvalue weighted by molar-refractivity contribution is 5.96. The van der Waals surface area contributed by atoms with Crippen LogP contribution in [0.5, 0.6) is 0 Å². The fourth-order valence-electron chi connectivity index (χ4n) is 4.45. The zero-order valence-electron chi connectivity index (χ0n) is 15.9. The topological polar surface area (TPSA) is 62.6 Å². The maximum Gasteiger partial charge on any atom is 0.290 e. The second-order valence-corrected chi connectivity index (χ2v) is 8.20. The maximum atomic E-state index is 13.0. The Bertz CT molecular complexity index is 841. The van der Waals surface area contributed by atoms with Gasteiger partial charge in [0, 0.05) is 6.54 Å². The first kappa shape index (κ1) is 17.8. The van der Waals surface area contributed by atoms with Gasteiger partial charge in [0.2, 0.25) is 5.91 Å². The lowest BCUT2D eigenvalue weighted by atomic mass is 9.71. The smallest absolute Gasteiger partial charge is 0.290 e. The molecule has 0 spiro atoms. The molecule has 2 aliphatic rings. The highest BCUT2D eigenvalue weighted by atomic mass is 16.3. The van der Waals surface area contributed by atoms with Gasteiger partial charge in [-0.2, -0.15) is 0 Å². The number of nitrogens with zero attached hydrogens (tertiary/aromatic N) is 1. The lowest BCUT2D eigenvalue weighted by molar-refractivity contribution is -0.125. The van der Waals surface area contributed by atoms with Gasteiger partial charge in [0.1, 0.15) is 6.04 Å². The monoisotopic (exact) mass is 366 g/mol. The molecule has 1 aromatic heterocycles. The van der Waals surface area contributed by atoms with Crippen LogP contribution < -0.4 is 5.32 Å². The summed E-state index contributed by atoms with van der Waals surface area (Å²) in [6, 6.07) is 11.3. The minimum atomic E-state index is -0.426. The minimum absolute atomic E-state index is 0.00268. The molecule has 0 bridgehead atoms. The highest BCUT2D eigenvalue weighted by Gasteiger charge is 2.38. The zero-order chi connectivity index (χ0) is 19.0. The molecule has 1 aliphatic carbocycles. The number of hydrogen-bond acceptors (Lipinski definition) is 3. The molecule has 2 aromatic rings. The number of hydrogen-bond donors (Lipinski definition) is 1. The number of amides is 2. The molecule has 142 valence electrons. The molecule has 2 heterocycles. The minimum Gasteiger partial charge on any atom is -0.459 e. The Kier molecular flexibility index (Phi) is 4.54. The van der Waals surface area contributed by atoms with Crippen LogP contribution in [0.4, 0.5) is 0 Å². The predicted octanol–water partition coefficient (Wildman–Crippen LogP) is 3.81. The van der Waals surface area contributed by atoms with Gasteiger partial charge in [-0.25, -0.2) is 0 Å². The van der Waals surface area contributed by atoms with E-state index in [0.29, 0.717) is 18.7 Å². The van der Waals surface area contributed by atoms with E-state index in [9.17, 15) is 9.59 Å². The first-order valence-electron chi connectivity index (χ1n) is 9.71. The van der Waals surface area contributed by atoms with Crippen molar-refractivity contribution in [2.45, 2.75) is 57.0 Å². The number of fused-ring (bicyclic) bond motifs is 1. The zero-order valence-corrected chi connectivity index (χ0v) is 15.9. The Hall–Kier alpha value is -2.56. The number of rotatable bonds is 3. The molecule has 1 aliphatic heterocycles. The van der Waals surface area contributed by atoms with Crippen LogP contribution >= 0.6 is 0 Å². The van der Waals surface area contributed by atoms with Crippen molar-refractivity contribution < 1.29 is 14.0 Å². The fraction of sp³-hybridized carbons (Fsp3) is 0.455. The highest BCUT2D eigenvalue weighted by Crippen LogP contribution is 2.41. The van der Waals surface area contributed by atoms with Crippen LogP contribution in [-0.4, -0.2) is 29.3 Å². The third-order valence-electron chi connectivity index (χ3n) is 5.99. The van der Waals surface area contributed by atoms with Crippen LogP contribution in [0.1, 0.15) is 67.3 Å². The second kappa shape index (κ2) is 6.87. The first-order chi connectivity index (χ1) is 13.0. The molecule has 1 saturated heterocycles. The molecular formula is C22H26N2O3. The third-order valence-corrected chi connectivity index (χ3v) is 5.99. The van der Waals surface area contributed by atoms with Crippen molar-refractivity contribution >= 4 is 11.8 Å². The molecule has 1 fully saturated rings. The van der Waals surface area contributed by atoms with Gasteiger partial charge in [-0.3, -0.25) is 9.59 Å². The number of nitrogens with one attached hydrogen (secondary N) is 1. The van der Waals surface area contributed by atoms with Crippen molar-refractivity contribution in [1.82, 2.24) is 10.2 Å². The van der Waals surface area contributed by atoms with Gasteiger partial charge in [0.05, 0.1) is 12.3 Å². The Morgan fingerprint density at radius 2 is 1.96 bits per heavy atom. The van der Waals surface area contributed by atoms with Crippen molar-refractivity contribution in [3.8, 4) is 0 Å². The Morgan fingerprint density at radius 3 is 2.74 bits per heavy atom. The van der Waals surface area contributed by atoms with Crippen LogP contribution in [-0.2, 0) is 10.2 Å². The average molecular weight is 366 g/mol. The first-order valence-corrected chi connectivity index (χ1v) is 9.71. The number of carbonyl (C=O) groups is 2. The standard InChI is InChI=1S/C22H26N2O3/c1-22(2)12-11-17(15-7-3-4-8-16(15)22)23-20(25)18-9-5-13-24(18)21(26)19-10-6-14-27-19/h3-4,6-8,10,14,17-18H,5,9,11-13H2,1-2H3,(H,23,25). The van der Waals surface area contributed by atoms with E-state index in [-0.39, 0.29) is 23.3 Å². The molecule has 0 radical (unpaired) electrons. The molecule has 5 heteroatoms. The van der Waals surface area contributed by atoms with Crippen LogP contribution in [0, 0.1) is 0 Å². The van der Waals surface area contributed by atoms with Crippen LogP contribution in [0.25, 0.3) is 0 Å². The van der Waals surface area contributed by atoms with E-state index in [1.54, 1.807) is 17.0 Å². The lowest BCUT2D eigenvalue weighted by Crippen LogP contribution is -2.47. The lowest BCUT2D eigenvalue weighted by Gasteiger charge is -2.38.